The molecule has 8 heteroatoms. The van der Waals surface area contributed by atoms with Gasteiger partial charge in [-0.2, -0.15) is 0 Å². The molecule has 2 N–H and O–H groups in total. The number of carboxylic acid groups (broad SMARTS) is 1. The molecule has 2 heterocycles. The number of rotatable bonds is 5. The number of carbonyl (C=O) groups excluding carboxylic acids is 1. The number of carbonyl (C=O) groups is 2. The maximum absolute atomic E-state index is 12.4. The Hall–Kier alpha value is -1.99. The molecule has 3 rings (SSSR count). The first-order valence-corrected chi connectivity index (χ1v) is 8.67. The number of halogens is 1. The Bertz CT molecular complexity index is 642. The molecular formula is C18H25ClN2O5. The van der Waals surface area contributed by atoms with Crippen molar-refractivity contribution < 1.29 is 24.2 Å². The minimum atomic E-state index is -0.788. The third kappa shape index (κ3) is 4.80. The zero-order valence-corrected chi connectivity index (χ0v) is 15.5. The van der Waals surface area contributed by atoms with E-state index >= 15 is 0 Å². The second kappa shape index (κ2) is 9.09. The summed E-state index contributed by atoms with van der Waals surface area (Å²) in [7, 11) is 0. The molecule has 0 aromatic heterocycles. The zero-order chi connectivity index (χ0) is 17.8. The third-order valence-corrected chi connectivity index (χ3v) is 4.80. The lowest BCUT2D eigenvalue weighted by Gasteiger charge is -2.34. The van der Waals surface area contributed by atoms with Crippen molar-refractivity contribution in [3.8, 4) is 11.5 Å². The van der Waals surface area contributed by atoms with Gasteiger partial charge in [0.15, 0.2) is 11.5 Å². The van der Waals surface area contributed by atoms with Crippen molar-refractivity contribution in [3.63, 3.8) is 0 Å². The van der Waals surface area contributed by atoms with Crippen molar-refractivity contribution in [1.82, 2.24) is 10.2 Å². The largest absolute Gasteiger partial charge is 0.486 e. The van der Waals surface area contributed by atoms with Crippen LogP contribution in [0.5, 0.6) is 11.5 Å². The molecule has 2 aliphatic rings. The fourth-order valence-electron chi connectivity index (χ4n) is 3.25. The Morgan fingerprint density at radius 3 is 2.81 bits per heavy atom. The van der Waals surface area contributed by atoms with Crippen LogP contribution >= 0.6 is 12.4 Å². The Labute approximate surface area is 159 Å². The molecule has 1 amide bonds. The maximum Gasteiger partial charge on any atom is 0.307 e. The molecule has 1 aromatic rings. The number of para-hydroxylation sites is 2. The van der Waals surface area contributed by atoms with E-state index in [1.54, 1.807) is 0 Å². The number of nitrogens with zero attached hydrogens (tertiary/aromatic N) is 1. The summed E-state index contributed by atoms with van der Waals surface area (Å²) in [6, 6.07) is 7.08. The first-order valence-electron chi connectivity index (χ1n) is 8.67. The highest BCUT2D eigenvalue weighted by molar-refractivity contribution is 5.85. The monoisotopic (exact) mass is 384 g/mol. The van der Waals surface area contributed by atoms with Crippen LogP contribution < -0.4 is 14.8 Å². The number of carboxylic acids is 1. The number of amides is 1. The average Bonchev–Trinajstić information content (AvgIpc) is 2.65. The minimum Gasteiger partial charge on any atom is -0.486 e. The van der Waals surface area contributed by atoms with Gasteiger partial charge in [-0.05, 0) is 38.4 Å². The molecule has 1 aromatic carbocycles. The SMILES string of the molecule is CC(C(=O)NCC1COc2ccccc2O1)N1CCCC(C(=O)O)C1.Cl. The van der Waals surface area contributed by atoms with Gasteiger partial charge >= 0.3 is 5.97 Å². The summed E-state index contributed by atoms with van der Waals surface area (Å²) in [6.07, 6.45) is 1.23. The van der Waals surface area contributed by atoms with E-state index in [4.69, 9.17) is 9.47 Å². The normalized spacial score (nSPS) is 23.4. The second-order valence-electron chi connectivity index (χ2n) is 6.59. The fourth-order valence-corrected chi connectivity index (χ4v) is 3.25. The number of aliphatic carboxylic acids is 1. The Balaban J connectivity index is 0.00000243. The lowest BCUT2D eigenvalue weighted by Crippen LogP contribution is -2.52. The predicted molar refractivity (Wildman–Crippen MR) is 98.0 cm³/mol. The van der Waals surface area contributed by atoms with Gasteiger partial charge in [0.1, 0.15) is 12.7 Å². The molecule has 0 aliphatic carbocycles. The van der Waals surface area contributed by atoms with Crippen LogP contribution in [0, 0.1) is 5.92 Å². The van der Waals surface area contributed by atoms with Crippen LogP contribution in [-0.4, -0.2) is 60.3 Å². The molecule has 3 unspecified atom stereocenters. The standard InChI is InChI=1S/C18H24N2O5.ClH/c1-12(20-8-4-5-13(10-20)18(22)23)17(21)19-9-14-11-24-15-6-2-3-7-16(15)25-14;/h2-3,6-7,12-14H,4-5,8-11H2,1H3,(H,19,21)(H,22,23);1H. The van der Waals surface area contributed by atoms with Gasteiger partial charge in [0.2, 0.25) is 5.91 Å². The van der Waals surface area contributed by atoms with Crippen LogP contribution in [0.4, 0.5) is 0 Å². The summed E-state index contributed by atoms with van der Waals surface area (Å²) in [6.45, 7) is 3.71. The molecular weight excluding hydrogens is 360 g/mol. The van der Waals surface area contributed by atoms with Gasteiger partial charge in [-0.3, -0.25) is 14.5 Å². The minimum absolute atomic E-state index is 0. The number of hydrogen-bond acceptors (Lipinski definition) is 5. The predicted octanol–water partition coefficient (Wildman–Crippen LogP) is 1.55. The van der Waals surface area contributed by atoms with E-state index in [1.807, 2.05) is 36.1 Å². The van der Waals surface area contributed by atoms with Gasteiger partial charge in [0, 0.05) is 6.54 Å². The van der Waals surface area contributed by atoms with E-state index < -0.39 is 11.9 Å². The number of piperidine rings is 1. The maximum atomic E-state index is 12.4. The van der Waals surface area contributed by atoms with Crippen LogP contribution in [0.25, 0.3) is 0 Å². The number of nitrogens with one attached hydrogen (secondary N) is 1. The Morgan fingerprint density at radius 1 is 1.35 bits per heavy atom. The molecule has 0 spiro atoms. The lowest BCUT2D eigenvalue weighted by molar-refractivity contribution is -0.145. The fraction of sp³-hybridized carbons (Fsp3) is 0.556. The van der Waals surface area contributed by atoms with Gasteiger partial charge in [-0.25, -0.2) is 0 Å². The highest BCUT2D eigenvalue weighted by Crippen LogP contribution is 2.30. The molecule has 3 atom stereocenters. The number of ether oxygens (including phenoxy) is 2. The van der Waals surface area contributed by atoms with Gasteiger partial charge in [-0.1, -0.05) is 12.1 Å². The summed E-state index contributed by atoms with van der Waals surface area (Å²) >= 11 is 0. The van der Waals surface area contributed by atoms with E-state index in [2.05, 4.69) is 5.32 Å². The topological polar surface area (TPSA) is 88.1 Å². The van der Waals surface area contributed by atoms with E-state index in [1.165, 1.54) is 0 Å². The van der Waals surface area contributed by atoms with Crippen molar-refractivity contribution in [2.75, 3.05) is 26.2 Å². The number of hydrogen-bond donors (Lipinski definition) is 2. The molecule has 0 saturated carbocycles. The van der Waals surface area contributed by atoms with Crippen molar-refractivity contribution in [2.45, 2.75) is 31.9 Å². The van der Waals surface area contributed by atoms with Gasteiger partial charge < -0.3 is 19.9 Å². The molecule has 0 bridgehead atoms. The summed E-state index contributed by atoms with van der Waals surface area (Å²) < 4.78 is 11.5. The second-order valence-corrected chi connectivity index (χ2v) is 6.59. The van der Waals surface area contributed by atoms with E-state index in [0.717, 1.165) is 13.0 Å². The van der Waals surface area contributed by atoms with Crippen LogP contribution in [-0.2, 0) is 9.59 Å². The molecule has 0 radical (unpaired) electrons. The molecule has 144 valence electrons. The van der Waals surface area contributed by atoms with Gasteiger partial charge in [0.25, 0.3) is 0 Å². The highest BCUT2D eigenvalue weighted by atomic mass is 35.5. The average molecular weight is 385 g/mol. The molecule has 26 heavy (non-hydrogen) atoms. The number of benzene rings is 1. The summed E-state index contributed by atoms with van der Waals surface area (Å²) in [5.74, 6) is 0.0978. The van der Waals surface area contributed by atoms with Crippen LogP contribution in [0.2, 0.25) is 0 Å². The van der Waals surface area contributed by atoms with Crippen LogP contribution in [0.1, 0.15) is 19.8 Å². The Morgan fingerprint density at radius 2 is 2.08 bits per heavy atom. The van der Waals surface area contributed by atoms with Crippen LogP contribution in [0.15, 0.2) is 24.3 Å². The first-order chi connectivity index (χ1) is 12.0. The highest BCUT2D eigenvalue weighted by Gasteiger charge is 2.31. The number of fused-ring (bicyclic) bond motifs is 1. The van der Waals surface area contributed by atoms with E-state index in [0.29, 0.717) is 37.6 Å². The van der Waals surface area contributed by atoms with E-state index in [9.17, 15) is 14.7 Å². The van der Waals surface area contributed by atoms with Crippen molar-refractivity contribution in [1.29, 1.82) is 0 Å². The van der Waals surface area contributed by atoms with Crippen molar-refractivity contribution >= 4 is 24.3 Å². The van der Waals surface area contributed by atoms with E-state index in [-0.39, 0.29) is 30.5 Å². The third-order valence-electron chi connectivity index (χ3n) is 4.80. The molecule has 1 fully saturated rings. The zero-order valence-electron chi connectivity index (χ0n) is 14.7. The van der Waals surface area contributed by atoms with Crippen molar-refractivity contribution in [3.05, 3.63) is 24.3 Å². The number of likely N-dealkylation sites (tertiary alicyclic amines) is 1. The van der Waals surface area contributed by atoms with Gasteiger partial charge in [0.05, 0.1) is 18.5 Å². The van der Waals surface area contributed by atoms with Gasteiger partial charge in [-0.15, -0.1) is 12.4 Å². The molecule has 7 nitrogen and oxygen atoms in total. The first kappa shape index (κ1) is 20.3. The molecule has 2 aliphatic heterocycles. The summed E-state index contributed by atoms with van der Waals surface area (Å²) in [5, 5.41) is 12.1. The quantitative estimate of drug-likeness (QED) is 0.800. The summed E-state index contributed by atoms with van der Waals surface area (Å²) in [5.41, 5.74) is 0. The lowest BCUT2D eigenvalue weighted by atomic mass is 9.97. The summed E-state index contributed by atoms with van der Waals surface area (Å²) in [4.78, 5) is 25.5. The molecule has 1 saturated heterocycles. The van der Waals surface area contributed by atoms with Crippen molar-refractivity contribution in [2.24, 2.45) is 5.92 Å². The smallest absolute Gasteiger partial charge is 0.307 e. The van der Waals surface area contributed by atoms with Crippen LogP contribution in [0.3, 0.4) is 0 Å². The Kier molecular flexibility index (Phi) is 7.11.